The zero-order valence-corrected chi connectivity index (χ0v) is 11.9. The Morgan fingerprint density at radius 3 is 2.89 bits per heavy atom. The molecule has 1 rings (SSSR count). The summed E-state index contributed by atoms with van der Waals surface area (Å²) in [5.74, 6) is 1.30. The van der Waals surface area contributed by atoms with E-state index in [-0.39, 0.29) is 11.9 Å². The van der Waals surface area contributed by atoms with Crippen molar-refractivity contribution in [2.45, 2.75) is 26.3 Å². The first-order chi connectivity index (χ1) is 8.70. The van der Waals surface area contributed by atoms with Crippen molar-refractivity contribution in [2.24, 2.45) is 0 Å². The molecule has 18 heavy (non-hydrogen) atoms. The van der Waals surface area contributed by atoms with Crippen LogP contribution in [0.4, 0.5) is 0 Å². The fourth-order valence-electron chi connectivity index (χ4n) is 1.85. The summed E-state index contributed by atoms with van der Waals surface area (Å²) in [6.07, 6.45) is 0.439. The Labute approximate surface area is 113 Å². The normalized spacial score (nSPS) is 19.7. The topological polar surface area (TPSA) is 58.6 Å². The highest BCUT2D eigenvalue weighted by atomic mass is 32.2. The molecule has 0 radical (unpaired) electrons. The van der Waals surface area contributed by atoms with E-state index in [1.54, 1.807) is 23.6 Å². The van der Waals surface area contributed by atoms with E-state index in [0.29, 0.717) is 31.9 Å². The Morgan fingerprint density at radius 2 is 2.22 bits per heavy atom. The Hall–Kier alpha value is -0.750. The standard InChI is InChI=1S/C12H22N2O3S/c1-3-13-6-5-11(15)14-7-8-18-9-10(14)12(16)17-4-2/h10,13H,3-9H2,1-2H3. The fraction of sp³-hybridized carbons (Fsp3) is 0.833. The van der Waals surface area contributed by atoms with E-state index in [2.05, 4.69) is 5.32 Å². The lowest BCUT2D eigenvalue weighted by atomic mass is 10.2. The van der Waals surface area contributed by atoms with Gasteiger partial charge in [0, 0.05) is 31.0 Å². The number of esters is 1. The van der Waals surface area contributed by atoms with Crippen molar-refractivity contribution in [3.8, 4) is 0 Å². The molecule has 0 bridgehead atoms. The number of thioether (sulfide) groups is 1. The molecule has 6 heteroatoms. The second kappa shape index (κ2) is 8.37. The maximum Gasteiger partial charge on any atom is 0.329 e. The summed E-state index contributed by atoms with van der Waals surface area (Å²) < 4.78 is 5.03. The summed E-state index contributed by atoms with van der Waals surface area (Å²) >= 11 is 1.70. The van der Waals surface area contributed by atoms with Gasteiger partial charge < -0.3 is 15.0 Å². The molecule has 0 saturated carbocycles. The number of carbonyl (C=O) groups excluding carboxylic acids is 2. The number of hydrogen-bond acceptors (Lipinski definition) is 5. The lowest BCUT2D eigenvalue weighted by Gasteiger charge is -2.33. The molecule has 1 saturated heterocycles. The van der Waals surface area contributed by atoms with Gasteiger partial charge in [0.1, 0.15) is 6.04 Å². The van der Waals surface area contributed by atoms with Crippen LogP contribution in [0.5, 0.6) is 0 Å². The molecule has 1 heterocycles. The van der Waals surface area contributed by atoms with Crippen molar-refractivity contribution in [2.75, 3.05) is 37.7 Å². The van der Waals surface area contributed by atoms with Crippen LogP contribution in [0.3, 0.4) is 0 Å². The molecule has 0 aromatic rings. The number of nitrogens with zero attached hydrogens (tertiary/aromatic N) is 1. The molecule has 1 fully saturated rings. The third-order valence-electron chi connectivity index (χ3n) is 2.77. The molecule has 1 N–H and O–H groups in total. The number of nitrogens with one attached hydrogen (secondary N) is 1. The zero-order valence-electron chi connectivity index (χ0n) is 11.1. The average Bonchev–Trinajstić information content (AvgIpc) is 2.39. The van der Waals surface area contributed by atoms with Crippen molar-refractivity contribution in [1.29, 1.82) is 0 Å². The smallest absolute Gasteiger partial charge is 0.329 e. The molecule has 0 spiro atoms. The predicted octanol–water partition coefficient (Wildman–Crippen LogP) is 0.493. The molecule has 0 aromatic heterocycles. The molecule has 0 aliphatic carbocycles. The lowest BCUT2D eigenvalue weighted by molar-refractivity contribution is -0.153. The van der Waals surface area contributed by atoms with Crippen LogP contribution in [0.25, 0.3) is 0 Å². The van der Waals surface area contributed by atoms with Gasteiger partial charge >= 0.3 is 5.97 Å². The van der Waals surface area contributed by atoms with Gasteiger partial charge in [0.05, 0.1) is 6.61 Å². The van der Waals surface area contributed by atoms with Gasteiger partial charge in [-0.1, -0.05) is 6.92 Å². The average molecular weight is 274 g/mol. The predicted molar refractivity (Wildman–Crippen MR) is 72.6 cm³/mol. The summed E-state index contributed by atoms with van der Waals surface area (Å²) in [4.78, 5) is 25.5. The number of rotatable bonds is 6. The molecule has 1 amide bonds. The number of amides is 1. The molecule has 1 atom stereocenters. The monoisotopic (exact) mass is 274 g/mol. The Bertz CT molecular complexity index is 286. The highest BCUT2D eigenvalue weighted by Crippen LogP contribution is 2.18. The molecule has 1 aliphatic heterocycles. The molecule has 104 valence electrons. The number of ether oxygens (including phenoxy) is 1. The maximum atomic E-state index is 12.1. The molecule has 1 aliphatic rings. The Balaban J connectivity index is 2.52. The van der Waals surface area contributed by atoms with Crippen molar-refractivity contribution >= 4 is 23.6 Å². The largest absolute Gasteiger partial charge is 0.464 e. The Kier molecular flexibility index (Phi) is 7.12. The van der Waals surface area contributed by atoms with Gasteiger partial charge in [-0.2, -0.15) is 11.8 Å². The third kappa shape index (κ3) is 4.49. The fourth-order valence-corrected chi connectivity index (χ4v) is 2.88. The Morgan fingerprint density at radius 1 is 1.44 bits per heavy atom. The van der Waals surface area contributed by atoms with E-state index in [9.17, 15) is 9.59 Å². The second-order valence-electron chi connectivity index (χ2n) is 4.03. The van der Waals surface area contributed by atoms with Crippen LogP contribution < -0.4 is 5.32 Å². The molecule has 5 nitrogen and oxygen atoms in total. The first kappa shape index (κ1) is 15.3. The van der Waals surface area contributed by atoms with E-state index in [1.165, 1.54) is 0 Å². The molecular weight excluding hydrogens is 252 g/mol. The van der Waals surface area contributed by atoms with E-state index >= 15 is 0 Å². The molecule has 0 aromatic carbocycles. The van der Waals surface area contributed by atoms with Crippen molar-refractivity contribution < 1.29 is 14.3 Å². The second-order valence-corrected chi connectivity index (χ2v) is 5.18. The summed E-state index contributed by atoms with van der Waals surface area (Å²) in [6.45, 7) is 6.30. The SMILES string of the molecule is CCNCCC(=O)N1CCSCC1C(=O)OCC. The lowest BCUT2D eigenvalue weighted by Crippen LogP contribution is -2.51. The number of hydrogen-bond donors (Lipinski definition) is 1. The first-order valence-corrected chi connectivity index (χ1v) is 7.60. The van der Waals surface area contributed by atoms with E-state index in [1.807, 2.05) is 6.92 Å². The van der Waals surface area contributed by atoms with Crippen LogP contribution in [-0.4, -0.2) is 60.6 Å². The van der Waals surface area contributed by atoms with E-state index in [0.717, 1.165) is 12.3 Å². The summed E-state index contributed by atoms with van der Waals surface area (Å²) in [5, 5.41) is 3.12. The molecule has 1 unspecified atom stereocenters. The van der Waals surface area contributed by atoms with E-state index in [4.69, 9.17) is 4.74 Å². The van der Waals surface area contributed by atoms with Crippen LogP contribution in [-0.2, 0) is 14.3 Å². The van der Waals surface area contributed by atoms with Gasteiger partial charge in [-0.3, -0.25) is 4.79 Å². The van der Waals surface area contributed by atoms with Crippen LogP contribution in [0.1, 0.15) is 20.3 Å². The van der Waals surface area contributed by atoms with Crippen LogP contribution in [0.15, 0.2) is 0 Å². The van der Waals surface area contributed by atoms with Crippen molar-refractivity contribution in [3.05, 3.63) is 0 Å². The van der Waals surface area contributed by atoms with Gasteiger partial charge in [-0.05, 0) is 13.5 Å². The minimum absolute atomic E-state index is 0.0364. The first-order valence-electron chi connectivity index (χ1n) is 6.45. The van der Waals surface area contributed by atoms with Gasteiger partial charge in [-0.15, -0.1) is 0 Å². The summed E-state index contributed by atoms with van der Waals surface area (Å²) in [7, 11) is 0. The quantitative estimate of drug-likeness (QED) is 0.564. The summed E-state index contributed by atoms with van der Waals surface area (Å²) in [6, 6.07) is -0.405. The summed E-state index contributed by atoms with van der Waals surface area (Å²) in [5.41, 5.74) is 0. The third-order valence-corrected chi connectivity index (χ3v) is 3.80. The maximum absolute atomic E-state index is 12.1. The van der Waals surface area contributed by atoms with Crippen LogP contribution in [0.2, 0.25) is 0 Å². The zero-order chi connectivity index (χ0) is 13.4. The van der Waals surface area contributed by atoms with E-state index < -0.39 is 6.04 Å². The van der Waals surface area contributed by atoms with Crippen molar-refractivity contribution in [3.63, 3.8) is 0 Å². The number of carbonyl (C=O) groups is 2. The highest BCUT2D eigenvalue weighted by molar-refractivity contribution is 7.99. The molecular formula is C12H22N2O3S. The van der Waals surface area contributed by atoms with Crippen molar-refractivity contribution in [1.82, 2.24) is 10.2 Å². The van der Waals surface area contributed by atoms with Gasteiger partial charge in [0.25, 0.3) is 0 Å². The van der Waals surface area contributed by atoms with Crippen LogP contribution in [0, 0.1) is 0 Å². The van der Waals surface area contributed by atoms with Crippen LogP contribution >= 0.6 is 11.8 Å². The van der Waals surface area contributed by atoms with Gasteiger partial charge in [0.15, 0.2) is 0 Å². The minimum Gasteiger partial charge on any atom is -0.464 e. The van der Waals surface area contributed by atoms with Gasteiger partial charge in [0.2, 0.25) is 5.91 Å². The van der Waals surface area contributed by atoms with Gasteiger partial charge in [-0.25, -0.2) is 4.79 Å². The minimum atomic E-state index is -0.405. The highest BCUT2D eigenvalue weighted by Gasteiger charge is 2.32.